The van der Waals surface area contributed by atoms with E-state index in [9.17, 15) is 15.3 Å². The lowest BCUT2D eigenvalue weighted by molar-refractivity contribution is -0.139. The van der Waals surface area contributed by atoms with Gasteiger partial charge in [0.15, 0.2) is 0 Å². The topological polar surface area (TPSA) is 122 Å². The minimum atomic E-state index is -0.660. The van der Waals surface area contributed by atoms with Crippen molar-refractivity contribution in [3.05, 3.63) is 68.1 Å². The van der Waals surface area contributed by atoms with Crippen molar-refractivity contribution >= 4 is 29.1 Å². The van der Waals surface area contributed by atoms with Gasteiger partial charge in [-0.15, -0.1) is 11.3 Å². The Kier molecular flexibility index (Phi) is 6.50. The molecule has 2 aromatic rings. The fourth-order valence-electron chi connectivity index (χ4n) is 3.87. The number of ether oxygens (including phenoxy) is 2. The fourth-order valence-corrected chi connectivity index (χ4v) is 5.64. The second-order valence-corrected chi connectivity index (χ2v) is 9.14. The van der Waals surface area contributed by atoms with E-state index >= 15 is 0 Å². The maximum atomic E-state index is 13.0. The number of esters is 1. The summed E-state index contributed by atoms with van der Waals surface area (Å²) in [4.78, 5) is 18.4. The van der Waals surface area contributed by atoms with Gasteiger partial charge in [0, 0.05) is 10.6 Å². The maximum Gasteiger partial charge on any atom is 0.338 e. The molecule has 4 rings (SSSR count). The molecule has 1 aliphatic heterocycles. The van der Waals surface area contributed by atoms with Crippen LogP contribution in [0.4, 0.5) is 0 Å². The molecule has 0 saturated heterocycles. The third kappa shape index (κ3) is 4.10. The Morgan fingerprint density at radius 3 is 2.94 bits per heavy atom. The van der Waals surface area contributed by atoms with Gasteiger partial charge < -0.3 is 15.2 Å². The number of carbonyl (C=O) groups excluding carboxylic acids is 1. The quantitative estimate of drug-likeness (QED) is 0.504. The number of aromatic nitrogens is 1. The summed E-state index contributed by atoms with van der Waals surface area (Å²) in [7, 11) is 0. The Balaban J connectivity index is 1.73. The summed E-state index contributed by atoms with van der Waals surface area (Å²) in [5.74, 6) is -0.710. The van der Waals surface area contributed by atoms with Gasteiger partial charge in [0.25, 0.3) is 0 Å². The lowest BCUT2D eigenvalue weighted by atomic mass is 9.87. The van der Waals surface area contributed by atoms with Gasteiger partial charge in [-0.1, -0.05) is 17.8 Å². The first kappa shape index (κ1) is 21.9. The van der Waals surface area contributed by atoms with Crippen LogP contribution < -0.4 is 5.73 Å². The van der Waals surface area contributed by atoms with Gasteiger partial charge in [-0.05, 0) is 49.3 Å². The van der Waals surface area contributed by atoms with Crippen molar-refractivity contribution in [3.8, 4) is 12.1 Å². The zero-order chi connectivity index (χ0) is 22.7. The standard InChI is InChI=1S/C23H20N4O3S2/c1-2-29-23(28)20-17(30-21(26)15(11-25)19(20)18-7-4-8-31-18)12-32-22-14(10-24)9-13-5-3-6-16(13)27-22/h4,7-9,19H,2-3,5-6,12,26H2,1H3/t19-/m1/s1. The molecular formula is C23H20N4O3S2. The summed E-state index contributed by atoms with van der Waals surface area (Å²) in [5, 5.41) is 21.8. The lowest BCUT2D eigenvalue weighted by Gasteiger charge is -2.27. The number of thiophene rings is 1. The number of fused-ring (bicyclic) bond motifs is 1. The summed E-state index contributed by atoms with van der Waals surface area (Å²) in [6.45, 7) is 1.91. The molecular weight excluding hydrogens is 444 g/mol. The molecule has 7 nitrogen and oxygen atoms in total. The minimum absolute atomic E-state index is 0.0306. The summed E-state index contributed by atoms with van der Waals surface area (Å²) in [6.07, 6.45) is 2.86. The van der Waals surface area contributed by atoms with Crippen LogP contribution in [-0.4, -0.2) is 23.3 Å². The van der Waals surface area contributed by atoms with Gasteiger partial charge in [-0.2, -0.15) is 10.5 Å². The fraction of sp³-hybridized carbons (Fsp3) is 0.304. The monoisotopic (exact) mass is 464 g/mol. The molecule has 0 radical (unpaired) electrons. The van der Waals surface area contributed by atoms with E-state index in [1.165, 1.54) is 23.1 Å². The third-order valence-electron chi connectivity index (χ3n) is 5.30. The predicted octanol–water partition coefficient (Wildman–Crippen LogP) is 3.92. The summed E-state index contributed by atoms with van der Waals surface area (Å²) >= 11 is 2.74. The smallest absolute Gasteiger partial charge is 0.338 e. The van der Waals surface area contributed by atoms with E-state index in [0.717, 1.165) is 35.4 Å². The van der Waals surface area contributed by atoms with E-state index in [1.807, 2.05) is 23.6 Å². The van der Waals surface area contributed by atoms with E-state index in [0.29, 0.717) is 16.3 Å². The number of hydrogen-bond acceptors (Lipinski definition) is 9. The third-order valence-corrected chi connectivity index (χ3v) is 7.22. The van der Waals surface area contributed by atoms with Crippen molar-refractivity contribution in [2.45, 2.75) is 37.1 Å². The van der Waals surface area contributed by atoms with Crippen molar-refractivity contribution in [1.29, 1.82) is 10.5 Å². The van der Waals surface area contributed by atoms with E-state index in [2.05, 4.69) is 17.1 Å². The Morgan fingerprint density at radius 1 is 1.41 bits per heavy atom. The van der Waals surface area contributed by atoms with Crippen molar-refractivity contribution in [1.82, 2.24) is 4.98 Å². The van der Waals surface area contributed by atoms with Gasteiger partial charge in [0.05, 0.1) is 29.4 Å². The van der Waals surface area contributed by atoms with Crippen LogP contribution in [0.25, 0.3) is 0 Å². The lowest BCUT2D eigenvalue weighted by Crippen LogP contribution is -2.26. The Morgan fingerprint density at radius 2 is 2.25 bits per heavy atom. The number of nitrogens with two attached hydrogens (primary N) is 1. The second kappa shape index (κ2) is 9.47. The highest BCUT2D eigenvalue weighted by atomic mass is 32.2. The largest absolute Gasteiger partial charge is 0.463 e. The van der Waals surface area contributed by atoms with Crippen molar-refractivity contribution < 1.29 is 14.3 Å². The van der Waals surface area contributed by atoms with Gasteiger partial charge in [-0.3, -0.25) is 0 Å². The van der Waals surface area contributed by atoms with E-state index in [-0.39, 0.29) is 29.4 Å². The molecule has 162 valence electrons. The predicted molar refractivity (Wildman–Crippen MR) is 120 cm³/mol. The second-order valence-electron chi connectivity index (χ2n) is 7.20. The van der Waals surface area contributed by atoms with Crippen LogP contribution in [0.1, 0.15) is 41.0 Å². The van der Waals surface area contributed by atoms with Gasteiger partial charge in [0.2, 0.25) is 5.88 Å². The number of aryl methyl sites for hydroxylation is 2. The van der Waals surface area contributed by atoms with Crippen molar-refractivity contribution in [3.63, 3.8) is 0 Å². The van der Waals surface area contributed by atoms with Crippen molar-refractivity contribution in [2.75, 3.05) is 12.4 Å². The highest BCUT2D eigenvalue weighted by molar-refractivity contribution is 7.99. The molecule has 2 N–H and O–H groups in total. The van der Waals surface area contributed by atoms with Crippen LogP contribution in [0, 0.1) is 22.7 Å². The number of nitrogens with zero attached hydrogens (tertiary/aromatic N) is 3. The van der Waals surface area contributed by atoms with Crippen LogP contribution in [0.3, 0.4) is 0 Å². The van der Waals surface area contributed by atoms with Gasteiger partial charge in [-0.25, -0.2) is 9.78 Å². The average Bonchev–Trinajstić information content (AvgIpc) is 3.48. The number of pyridine rings is 1. The molecule has 2 aromatic heterocycles. The zero-order valence-corrected chi connectivity index (χ0v) is 19.0. The minimum Gasteiger partial charge on any atom is -0.463 e. The Labute approximate surface area is 194 Å². The zero-order valence-electron chi connectivity index (χ0n) is 17.4. The van der Waals surface area contributed by atoms with Gasteiger partial charge in [0.1, 0.15) is 28.5 Å². The summed E-state index contributed by atoms with van der Waals surface area (Å²) in [5.41, 5.74) is 9.16. The van der Waals surface area contributed by atoms with Crippen LogP contribution in [-0.2, 0) is 27.1 Å². The molecule has 0 saturated carbocycles. The van der Waals surface area contributed by atoms with Gasteiger partial charge >= 0.3 is 5.97 Å². The molecule has 0 aromatic carbocycles. The highest BCUT2D eigenvalue weighted by Gasteiger charge is 2.38. The Hall–Kier alpha value is -3.27. The molecule has 2 aliphatic rings. The van der Waals surface area contributed by atoms with Crippen LogP contribution in [0.5, 0.6) is 0 Å². The van der Waals surface area contributed by atoms with Crippen LogP contribution in [0.2, 0.25) is 0 Å². The van der Waals surface area contributed by atoms with Crippen LogP contribution in [0.15, 0.2) is 51.4 Å². The SMILES string of the molecule is CCOC(=O)C1=C(CSc2nc3c(cc2C#N)CCC3)OC(N)=C(C#N)[C@@H]1c1cccs1. The molecule has 3 heterocycles. The number of allylic oxidation sites excluding steroid dienone is 1. The number of nitriles is 2. The molecule has 0 unspecified atom stereocenters. The average molecular weight is 465 g/mol. The molecule has 0 bridgehead atoms. The summed E-state index contributed by atoms with van der Waals surface area (Å²) in [6, 6.07) is 9.91. The maximum absolute atomic E-state index is 13.0. The molecule has 1 atom stereocenters. The highest BCUT2D eigenvalue weighted by Crippen LogP contribution is 2.42. The first-order valence-corrected chi connectivity index (χ1v) is 12.0. The molecule has 32 heavy (non-hydrogen) atoms. The number of hydrogen-bond donors (Lipinski definition) is 1. The molecule has 0 spiro atoms. The normalized spacial score (nSPS) is 17.4. The number of rotatable bonds is 6. The van der Waals surface area contributed by atoms with Crippen LogP contribution >= 0.6 is 23.1 Å². The molecule has 9 heteroatoms. The first-order valence-electron chi connectivity index (χ1n) is 10.1. The molecule has 0 amide bonds. The number of carbonyl (C=O) groups is 1. The summed E-state index contributed by atoms with van der Waals surface area (Å²) < 4.78 is 11.1. The van der Waals surface area contributed by atoms with E-state index in [4.69, 9.17) is 15.2 Å². The number of thioether (sulfide) groups is 1. The molecule has 0 fully saturated rings. The molecule has 1 aliphatic carbocycles. The van der Waals surface area contributed by atoms with Crippen molar-refractivity contribution in [2.24, 2.45) is 5.73 Å². The Bertz CT molecular complexity index is 1200. The van der Waals surface area contributed by atoms with E-state index in [1.54, 1.807) is 6.92 Å². The first-order chi connectivity index (χ1) is 15.6. The van der Waals surface area contributed by atoms with E-state index < -0.39 is 11.9 Å².